The van der Waals surface area contributed by atoms with Crippen LogP contribution in [0.15, 0.2) is 6.33 Å². The number of carbonyl (C=O) groups excluding carboxylic acids is 2. The number of hydrogen-bond donors (Lipinski definition) is 2. The van der Waals surface area contributed by atoms with Gasteiger partial charge in [-0.05, 0) is 26.3 Å². The minimum atomic E-state index is -0.347. The molecule has 2 rings (SSSR count). The lowest BCUT2D eigenvalue weighted by Gasteiger charge is -2.30. The Morgan fingerprint density at radius 3 is 3.05 bits per heavy atom. The van der Waals surface area contributed by atoms with Crippen LogP contribution in [0.2, 0.25) is 0 Å². The second-order valence-corrected chi connectivity index (χ2v) is 5.61. The molecule has 1 aliphatic rings. The first-order chi connectivity index (χ1) is 10.6. The number of primary amides is 1. The second kappa shape index (κ2) is 7.88. The number of carbonyl (C=O) groups is 2. The molecule has 1 aromatic rings. The Morgan fingerprint density at radius 1 is 1.50 bits per heavy atom. The van der Waals surface area contributed by atoms with Gasteiger partial charge in [0.25, 0.3) is 0 Å². The maximum absolute atomic E-state index is 12.2. The second-order valence-electron chi connectivity index (χ2n) is 5.61. The summed E-state index contributed by atoms with van der Waals surface area (Å²) >= 11 is 0. The Labute approximate surface area is 130 Å². The van der Waals surface area contributed by atoms with Gasteiger partial charge in [-0.2, -0.15) is 0 Å². The zero-order chi connectivity index (χ0) is 15.9. The molecule has 0 spiro atoms. The lowest BCUT2D eigenvalue weighted by Crippen LogP contribution is -2.46. The lowest BCUT2D eigenvalue weighted by molar-refractivity contribution is -0.128. The van der Waals surface area contributed by atoms with Crippen molar-refractivity contribution in [3.63, 3.8) is 0 Å². The Morgan fingerprint density at radius 2 is 2.32 bits per heavy atom. The Hall–Kier alpha value is -1.96. The number of likely N-dealkylation sites (tertiary alicyclic amines) is 1. The molecule has 0 aromatic carbocycles. The van der Waals surface area contributed by atoms with Gasteiger partial charge >= 0.3 is 0 Å². The van der Waals surface area contributed by atoms with Crippen LogP contribution in [0.1, 0.15) is 25.6 Å². The number of amides is 2. The van der Waals surface area contributed by atoms with Gasteiger partial charge in [0.05, 0.1) is 12.5 Å². The smallest absolute Gasteiger partial charge is 0.231 e. The van der Waals surface area contributed by atoms with Crippen molar-refractivity contribution in [2.45, 2.75) is 32.7 Å². The molecule has 0 aliphatic carbocycles. The Bertz CT molecular complexity index is 515. The maximum atomic E-state index is 12.2. The molecule has 3 N–H and O–H groups in total. The third kappa shape index (κ3) is 4.52. The van der Waals surface area contributed by atoms with Crippen molar-refractivity contribution >= 4 is 11.8 Å². The molecule has 2 amide bonds. The zero-order valence-electron chi connectivity index (χ0n) is 13.0. The van der Waals surface area contributed by atoms with E-state index in [-0.39, 0.29) is 24.3 Å². The maximum Gasteiger partial charge on any atom is 0.231 e. The summed E-state index contributed by atoms with van der Waals surface area (Å²) < 4.78 is 1.96. The van der Waals surface area contributed by atoms with Crippen LogP contribution < -0.4 is 11.1 Å². The van der Waals surface area contributed by atoms with E-state index in [1.807, 2.05) is 16.4 Å². The highest BCUT2D eigenvalue weighted by Gasteiger charge is 2.26. The Kier molecular flexibility index (Phi) is 5.88. The fourth-order valence-corrected chi connectivity index (χ4v) is 2.81. The molecule has 2 heterocycles. The van der Waals surface area contributed by atoms with E-state index in [1.165, 1.54) is 0 Å². The molecular formula is C14H24N6O2. The summed E-state index contributed by atoms with van der Waals surface area (Å²) in [5.41, 5.74) is 5.21. The highest BCUT2D eigenvalue weighted by atomic mass is 16.2. The van der Waals surface area contributed by atoms with Gasteiger partial charge in [-0.15, -0.1) is 10.2 Å². The van der Waals surface area contributed by atoms with E-state index in [0.717, 1.165) is 31.8 Å². The van der Waals surface area contributed by atoms with Gasteiger partial charge in [-0.25, -0.2) is 0 Å². The summed E-state index contributed by atoms with van der Waals surface area (Å²) in [5.74, 6) is 0.496. The molecule has 1 saturated heterocycles. The molecule has 1 atom stereocenters. The third-order valence-corrected chi connectivity index (χ3v) is 3.94. The summed E-state index contributed by atoms with van der Waals surface area (Å²) in [6.45, 7) is 5.04. The largest absolute Gasteiger partial charge is 0.369 e. The normalized spacial score (nSPS) is 19.0. The highest BCUT2D eigenvalue weighted by Crippen LogP contribution is 2.16. The summed E-state index contributed by atoms with van der Waals surface area (Å²) in [5, 5.41) is 10.9. The fraction of sp³-hybridized carbons (Fsp3) is 0.714. The minimum absolute atomic E-state index is 0.0386. The van der Waals surface area contributed by atoms with Crippen molar-refractivity contribution in [3.8, 4) is 0 Å². The van der Waals surface area contributed by atoms with E-state index in [4.69, 9.17) is 5.73 Å². The number of hydrogen-bond acceptors (Lipinski definition) is 5. The van der Waals surface area contributed by atoms with Gasteiger partial charge in [0.1, 0.15) is 12.2 Å². The summed E-state index contributed by atoms with van der Waals surface area (Å²) in [7, 11) is 0. The van der Waals surface area contributed by atoms with Crippen molar-refractivity contribution in [2.75, 3.05) is 26.2 Å². The Balaban J connectivity index is 1.76. The van der Waals surface area contributed by atoms with Gasteiger partial charge < -0.3 is 15.6 Å². The first-order valence-electron chi connectivity index (χ1n) is 7.75. The first-order valence-corrected chi connectivity index (χ1v) is 7.75. The predicted octanol–water partition coefficient (Wildman–Crippen LogP) is -0.846. The number of nitrogens with two attached hydrogens (primary N) is 1. The van der Waals surface area contributed by atoms with E-state index in [9.17, 15) is 9.59 Å². The van der Waals surface area contributed by atoms with Gasteiger partial charge in [-0.1, -0.05) is 0 Å². The van der Waals surface area contributed by atoms with Crippen LogP contribution in [-0.4, -0.2) is 57.7 Å². The fourth-order valence-electron chi connectivity index (χ4n) is 2.81. The van der Waals surface area contributed by atoms with Crippen molar-refractivity contribution < 1.29 is 9.59 Å². The highest BCUT2D eigenvalue weighted by molar-refractivity contribution is 5.79. The van der Waals surface area contributed by atoms with Crippen LogP contribution in [0.25, 0.3) is 0 Å². The molecule has 0 bridgehead atoms. The van der Waals surface area contributed by atoms with E-state index >= 15 is 0 Å². The van der Waals surface area contributed by atoms with Crippen LogP contribution in [0.3, 0.4) is 0 Å². The molecule has 1 fully saturated rings. The van der Waals surface area contributed by atoms with Crippen LogP contribution in [0.4, 0.5) is 0 Å². The first kappa shape index (κ1) is 16.4. The summed E-state index contributed by atoms with van der Waals surface area (Å²) in [4.78, 5) is 25.1. The predicted molar refractivity (Wildman–Crippen MR) is 80.8 cm³/mol. The standard InChI is InChI=1S/C14H24N6O2/c1-2-20-10-17-18-13(20)5-6-16-14(22)11-4-3-7-19(8-11)9-12(15)21/h10-11H,2-9H2,1H3,(H2,15,21)(H,16,22)/t11-/m0/s1. The molecular weight excluding hydrogens is 284 g/mol. The topological polar surface area (TPSA) is 106 Å². The number of aryl methyl sites for hydroxylation is 1. The number of piperidine rings is 1. The number of nitrogens with zero attached hydrogens (tertiary/aromatic N) is 4. The quantitative estimate of drug-likeness (QED) is 0.683. The average molecular weight is 308 g/mol. The number of rotatable bonds is 7. The molecule has 0 unspecified atom stereocenters. The van der Waals surface area contributed by atoms with E-state index < -0.39 is 0 Å². The van der Waals surface area contributed by atoms with E-state index in [1.54, 1.807) is 6.33 Å². The molecule has 1 aromatic heterocycles. The minimum Gasteiger partial charge on any atom is -0.369 e. The zero-order valence-corrected chi connectivity index (χ0v) is 13.0. The van der Waals surface area contributed by atoms with Crippen LogP contribution in [0, 0.1) is 5.92 Å². The summed E-state index contributed by atoms with van der Waals surface area (Å²) in [6.07, 6.45) is 4.12. The molecule has 0 saturated carbocycles. The van der Waals surface area contributed by atoms with Gasteiger partial charge in [-0.3, -0.25) is 14.5 Å². The van der Waals surface area contributed by atoms with Crippen molar-refractivity contribution in [1.82, 2.24) is 25.0 Å². The van der Waals surface area contributed by atoms with E-state index in [0.29, 0.717) is 19.5 Å². The lowest BCUT2D eigenvalue weighted by atomic mass is 9.97. The number of nitrogens with one attached hydrogen (secondary N) is 1. The molecule has 8 nitrogen and oxygen atoms in total. The van der Waals surface area contributed by atoms with E-state index in [2.05, 4.69) is 15.5 Å². The van der Waals surface area contributed by atoms with Gasteiger partial charge in [0.15, 0.2) is 0 Å². The van der Waals surface area contributed by atoms with Crippen molar-refractivity contribution in [1.29, 1.82) is 0 Å². The van der Waals surface area contributed by atoms with Crippen LogP contribution in [-0.2, 0) is 22.6 Å². The molecule has 22 heavy (non-hydrogen) atoms. The van der Waals surface area contributed by atoms with Crippen molar-refractivity contribution in [2.24, 2.45) is 11.7 Å². The third-order valence-electron chi connectivity index (χ3n) is 3.94. The van der Waals surface area contributed by atoms with Crippen molar-refractivity contribution in [3.05, 3.63) is 12.2 Å². The van der Waals surface area contributed by atoms with Crippen LogP contribution in [0.5, 0.6) is 0 Å². The summed E-state index contributed by atoms with van der Waals surface area (Å²) in [6, 6.07) is 0. The molecule has 8 heteroatoms. The molecule has 1 aliphatic heterocycles. The SMILES string of the molecule is CCn1cnnc1CCNC(=O)[C@H]1CCCN(CC(N)=O)C1. The van der Waals surface area contributed by atoms with Gasteiger partial charge in [0, 0.05) is 26.1 Å². The van der Waals surface area contributed by atoms with Crippen LogP contribution >= 0.6 is 0 Å². The molecule has 0 radical (unpaired) electrons. The number of aromatic nitrogens is 3. The van der Waals surface area contributed by atoms with Gasteiger partial charge in [0.2, 0.25) is 11.8 Å². The average Bonchev–Trinajstić information content (AvgIpc) is 2.94. The monoisotopic (exact) mass is 308 g/mol. The molecule has 122 valence electrons.